The molecule has 77 heavy (non-hydrogen) atoms. The maximum absolute atomic E-state index is 17.5. The van der Waals surface area contributed by atoms with E-state index >= 15 is 4.79 Å². The van der Waals surface area contributed by atoms with Gasteiger partial charge < -0.3 is 25.0 Å². The van der Waals surface area contributed by atoms with E-state index in [1.165, 1.54) is 16.7 Å². The first-order valence-corrected chi connectivity index (χ1v) is 28.9. The van der Waals surface area contributed by atoms with Crippen molar-refractivity contribution in [2.75, 3.05) is 60.7 Å². The average Bonchev–Trinajstić information content (AvgIpc) is 4.19. The van der Waals surface area contributed by atoms with Gasteiger partial charge in [0.15, 0.2) is 5.78 Å². The van der Waals surface area contributed by atoms with Crippen molar-refractivity contribution in [2.45, 2.75) is 133 Å². The Bertz CT molecular complexity index is 2810. The molecule has 1 spiro atoms. The van der Waals surface area contributed by atoms with E-state index in [-0.39, 0.29) is 79.4 Å². The van der Waals surface area contributed by atoms with Crippen LogP contribution in [0.25, 0.3) is 11.1 Å². The molecule has 2 bridgehead atoms. The number of pyridine rings is 1. The van der Waals surface area contributed by atoms with Crippen LogP contribution < -0.4 is 15.4 Å². The zero-order chi connectivity index (χ0) is 52.9. The first-order valence-electron chi connectivity index (χ1n) is 28.2. The average molecular weight is 1110 g/mol. The summed E-state index contributed by atoms with van der Waals surface area (Å²) in [6.45, 7) is 11.0. The van der Waals surface area contributed by atoms with Crippen LogP contribution in [0, 0.1) is 16.7 Å². The molecule has 6 aliphatic rings. The lowest BCUT2D eigenvalue weighted by molar-refractivity contribution is -0.154. The fourth-order valence-electron chi connectivity index (χ4n) is 16.0. The third-order valence-electron chi connectivity index (χ3n) is 19.7. The third kappa shape index (κ3) is 10.3. The summed E-state index contributed by atoms with van der Waals surface area (Å²) in [6, 6.07) is 35.6. The van der Waals surface area contributed by atoms with E-state index in [0.29, 0.717) is 47.9 Å². The Morgan fingerprint density at radius 2 is 1.56 bits per heavy atom. The predicted molar refractivity (Wildman–Crippen MR) is 311 cm³/mol. The van der Waals surface area contributed by atoms with Gasteiger partial charge in [-0.3, -0.25) is 24.5 Å². The van der Waals surface area contributed by atoms with Gasteiger partial charge in [-0.05, 0) is 163 Å². The van der Waals surface area contributed by atoms with Crippen molar-refractivity contribution < 1.29 is 18.7 Å². The van der Waals surface area contributed by atoms with Crippen molar-refractivity contribution in [3.05, 3.63) is 148 Å². The summed E-state index contributed by atoms with van der Waals surface area (Å²) in [5.74, 6) is 2.48. The Hall–Kier alpha value is -3.98. The van der Waals surface area contributed by atoms with Gasteiger partial charge in [0.25, 0.3) is 0 Å². The van der Waals surface area contributed by atoms with Crippen LogP contribution in [0.5, 0.6) is 11.5 Å². The Labute approximate surface area is 473 Å². The molecule has 7 unspecified atom stereocenters. The van der Waals surface area contributed by atoms with Gasteiger partial charge >= 0.3 is 0 Å². The van der Waals surface area contributed by atoms with Gasteiger partial charge in [0.05, 0.1) is 17.4 Å². The first kappa shape index (κ1) is 56.3. The highest BCUT2D eigenvalue weighted by atomic mass is 35.5. The van der Waals surface area contributed by atoms with Crippen LogP contribution in [-0.2, 0) is 28.9 Å². The van der Waals surface area contributed by atoms with E-state index in [1.54, 1.807) is 7.11 Å². The van der Waals surface area contributed by atoms with Gasteiger partial charge in [0.1, 0.15) is 18.2 Å². The molecule has 0 amide bonds. The Balaban J connectivity index is 0.00000672. The van der Waals surface area contributed by atoms with E-state index in [9.17, 15) is 4.39 Å². The quantitative estimate of drug-likeness (QED) is 0.106. The van der Waals surface area contributed by atoms with Crippen molar-refractivity contribution >= 4 is 41.4 Å². The minimum atomic E-state index is -0.786. The highest BCUT2D eigenvalue weighted by molar-refractivity contribution is 6.31. The van der Waals surface area contributed by atoms with Gasteiger partial charge in [-0.1, -0.05) is 90.8 Å². The van der Waals surface area contributed by atoms with Crippen LogP contribution in [0.1, 0.15) is 81.0 Å². The summed E-state index contributed by atoms with van der Waals surface area (Å²) in [6.07, 6.45) is 10.1. The molecule has 5 aliphatic heterocycles. The molecule has 12 atom stereocenters. The number of nitrogens with zero attached hydrogens (tertiary/aromatic N) is 5. The number of ether oxygens (including phenoxy) is 2. The minimum absolute atomic E-state index is 0. The normalized spacial score (nSPS) is 31.9. The van der Waals surface area contributed by atoms with Crippen molar-refractivity contribution in [1.82, 2.24) is 35.2 Å². The van der Waals surface area contributed by atoms with Crippen LogP contribution in [0.3, 0.4) is 0 Å². The molecule has 6 heterocycles. The van der Waals surface area contributed by atoms with Crippen molar-refractivity contribution in [2.24, 2.45) is 16.7 Å². The van der Waals surface area contributed by atoms with E-state index in [1.807, 2.05) is 48.8 Å². The molecular weight excluding hydrogens is 1030 g/mol. The van der Waals surface area contributed by atoms with E-state index < -0.39 is 10.8 Å². The fourth-order valence-corrected chi connectivity index (χ4v) is 16.3. The van der Waals surface area contributed by atoms with Gasteiger partial charge in [0, 0.05) is 115 Å². The Morgan fingerprint density at radius 1 is 0.831 bits per heavy atom. The molecule has 14 heteroatoms. The number of carbonyl (C=O) groups is 1. The molecule has 11 rings (SSSR count). The molecule has 1 aromatic heterocycles. The molecule has 4 aromatic carbocycles. The number of likely N-dealkylation sites (tertiary alicyclic amines) is 3. The smallest absolute Gasteiger partial charge is 0.153 e. The van der Waals surface area contributed by atoms with Crippen LogP contribution in [-0.4, -0.2) is 145 Å². The molecule has 10 nitrogen and oxygen atoms in total. The summed E-state index contributed by atoms with van der Waals surface area (Å²) in [4.78, 5) is 32.3. The number of piperidine rings is 2. The molecule has 2 N–H and O–H groups in total. The summed E-state index contributed by atoms with van der Waals surface area (Å²) >= 11 is 13.3. The molecule has 1 aliphatic carbocycles. The van der Waals surface area contributed by atoms with Crippen molar-refractivity contribution in [3.63, 3.8) is 0 Å². The highest BCUT2D eigenvalue weighted by Gasteiger charge is 2.77. The number of aromatic nitrogens is 1. The number of halogens is 4. The number of benzene rings is 4. The summed E-state index contributed by atoms with van der Waals surface area (Å²) in [7, 11) is 6.39. The van der Waals surface area contributed by atoms with Gasteiger partial charge in [-0.15, -0.1) is 12.4 Å². The number of carbonyl (C=O) groups excluding carboxylic acids is 1. The second-order valence-corrected chi connectivity index (χ2v) is 24.3. The topological polar surface area (TPSA) is 85.4 Å². The van der Waals surface area contributed by atoms with E-state index in [2.05, 4.69) is 137 Å². The number of likely N-dealkylation sites (N-methyl/N-ethyl adjacent to an activating group) is 2. The van der Waals surface area contributed by atoms with Crippen molar-refractivity contribution in [3.8, 4) is 22.6 Å². The van der Waals surface area contributed by atoms with Crippen LogP contribution in [0.2, 0.25) is 10.0 Å². The summed E-state index contributed by atoms with van der Waals surface area (Å²) < 4.78 is 26.2. The Kier molecular flexibility index (Phi) is 17.3. The Morgan fingerprint density at radius 3 is 2.27 bits per heavy atom. The lowest BCUT2D eigenvalue weighted by Gasteiger charge is -2.57. The number of ketones is 1. The number of nitrogens with one attached hydrogen (secondary N) is 2. The number of Topliss-reactive ketones (excluding diaryl/α,β-unsaturated/α-hetero) is 1. The number of rotatable bonds is 15. The number of hydrogen-bond donors (Lipinski definition) is 2. The second kappa shape index (κ2) is 23.6. The maximum atomic E-state index is 17.5. The van der Waals surface area contributed by atoms with Crippen LogP contribution in [0.4, 0.5) is 4.39 Å². The fraction of sp³-hybridized carbons (Fsp3) is 0.524. The zero-order valence-electron chi connectivity index (χ0n) is 45.7. The van der Waals surface area contributed by atoms with Crippen LogP contribution >= 0.6 is 35.6 Å². The van der Waals surface area contributed by atoms with E-state index in [4.69, 9.17) is 32.7 Å². The predicted octanol–water partition coefficient (Wildman–Crippen LogP) is 11.2. The maximum Gasteiger partial charge on any atom is 0.153 e. The lowest BCUT2D eigenvalue weighted by Crippen LogP contribution is -2.73. The second-order valence-electron chi connectivity index (χ2n) is 23.4. The zero-order valence-corrected chi connectivity index (χ0v) is 48.1. The summed E-state index contributed by atoms with van der Waals surface area (Å²) in [5, 5.41) is 9.82. The number of alkyl halides is 1. The molecule has 412 valence electrons. The van der Waals surface area contributed by atoms with Crippen LogP contribution in [0.15, 0.2) is 116 Å². The van der Waals surface area contributed by atoms with E-state index in [0.717, 1.165) is 86.3 Å². The largest absolute Gasteiger partial charge is 0.457 e. The number of methoxy groups -OCH3 is 1. The molecule has 5 saturated heterocycles. The molecular formula is C63H79Cl3FN7O3. The summed E-state index contributed by atoms with van der Waals surface area (Å²) in [5.41, 5.74) is 5.45. The lowest BCUT2D eigenvalue weighted by atomic mass is 9.54. The monoisotopic (exact) mass is 1110 g/mol. The molecule has 0 radical (unpaired) electrons. The first-order chi connectivity index (χ1) is 36.9. The SMILES string of the molecule is CCC12C(=O)C34C5C[C@H](Cc6ccc(Cl)cc6)N(C)C3[C@@H](COC)NC4[C@H](C)N(Cc3ccc(Cl)cc3Oc3ccc(-c4cncc(C6CCN(CCF)CC6)c4)cc3)C1C[C@@H](Cc1ccccc1)C2N(C)[C@@H](C)CN5.Cl. The van der Waals surface area contributed by atoms with Gasteiger partial charge in [-0.2, -0.15) is 0 Å². The standard InChI is InChI=1S/C63H78Cl2FN7O3.ClH/c1-7-62-57-32-47(29-42-11-9-8-10-12-42)59(62)70(4)40(2)35-68-56-34-52(30-43-13-18-50(64)19-14-43)71(5)60-54(39-75-6)69-58(63(56,60)61(62)74)41(3)73(57)38-46-15-20-51(65)33-55(46)76-53-21-16-44(17-22-53)48-31-49(37-67-36-48)45-23-26-72(27-24-45)28-25-66;/h8-22,31,33,36-37,40-41,45,47,52,54,56-60,68-69H,7,23-30,32,34-35,38-39H2,1-6H3;1H/t40-,41-,47+,52-,54+,56?,57?,58?,59?,60?,62?,63?;/m0./s1. The van der Waals surface area contributed by atoms with Gasteiger partial charge in [-0.25, -0.2) is 4.39 Å². The molecule has 6 fully saturated rings. The molecule has 1 saturated carbocycles. The third-order valence-corrected chi connectivity index (χ3v) is 20.1. The molecule has 5 aromatic rings. The highest BCUT2D eigenvalue weighted by Crippen LogP contribution is 2.63. The van der Waals surface area contributed by atoms with Crippen molar-refractivity contribution in [1.29, 1.82) is 0 Å². The van der Waals surface area contributed by atoms with Gasteiger partial charge in [0.2, 0.25) is 0 Å². The minimum Gasteiger partial charge on any atom is -0.457 e. The number of hydrogen-bond acceptors (Lipinski definition) is 10.